The third kappa shape index (κ3) is 3.38. The number of rotatable bonds is 4. The van der Waals surface area contributed by atoms with Crippen LogP contribution < -0.4 is 0 Å². The lowest BCUT2D eigenvalue weighted by atomic mass is 10.1. The second kappa shape index (κ2) is 5.90. The summed E-state index contributed by atoms with van der Waals surface area (Å²) in [6.45, 7) is 1.56. The van der Waals surface area contributed by atoms with Crippen LogP contribution in [0.1, 0.15) is 19.8 Å². The van der Waals surface area contributed by atoms with Crippen LogP contribution in [0.25, 0.3) is 0 Å². The second-order valence-corrected chi connectivity index (χ2v) is 6.22. The van der Waals surface area contributed by atoms with Gasteiger partial charge in [0, 0.05) is 10.9 Å². The average molecular weight is 373 g/mol. The van der Waals surface area contributed by atoms with Gasteiger partial charge in [0.2, 0.25) is 0 Å². The third-order valence-corrected chi connectivity index (χ3v) is 6.02. The van der Waals surface area contributed by atoms with E-state index in [9.17, 15) is 9.18 Å². The second-order valence-electron chi connectivity index (χ2n) is 2.96. The number of hydrogen-bond donors (Lipinski definition) is 0. The van der Waals surface area contributed by atoms with Gasteiger partial charge in [-0.3, -0.25) is 9.18 Å². The highest BCUT2D eigenvalue weighted by Gasteiger charge is 2.11. The molecule has 14 heavy (non-hydrogen) atoms. The zero-order chi connectivity index (χ0) is 10.6. The third-order valence-electron chi connectivity index (χ3n) is 1.79. The molecule has 0 aromatic carbocycles. The molecule has 0 saturated heterocycles. The van der Waals surface area contributed by atoms with Crippen molar-refractivity contribution in [3.63, 3.8) is 0 Å². The van der Waals surface area contributed by atoms with Crippen LogP contribution in [-0.4, -0.2) is 16.0 Å². The highest BCUT2D eigenvalue weighted by Crippen LogP contribution is 2.27. The van der Waals surface area contributed by atoms with Gasteiger partial charge in [0.25, 0.3) is 0 Å². The van der Waals surface area contributed by atoms with Crippen molar-refractivity contribution < 1.29 is 9.18 Å². The molecule has 0 atom stereocenters. The summed E-state index contributed by atoms with van der Waals surface area (Å²) in [6, 6.07) is 0. The monoisotopic (exact) mass is 372 g/mol. The van der Waals surface area contributed by atoms with E-state index in [1.807, 2.05) is 13.0 Å². The first-order chi connectivity index (χ1) is 6.65. The molecule has 78 valence electrons. The molecule has 0 N–H and O–H groups in total. The molecule has 0 amide bonds. The highest BCUT2D eigenvalue weighted by molar-refractivity contribution is 14.2. The predicted molar refractivity (Wildman–Crippen MR) is 70.0 cm³/mol. The molecule has 0 aromatic rings. The van der Waals surface area contributed by atoms with E-state index < -0.39 is 6.67 Å². The van der Waals surface area contributed by atoms with E-state index in [1.165, 1.54) is 0 Å². The maximum Gasteiger partial charge on any atom is 0.168 e. The topological polar surface area (TPSA) is 17.1 Å². The maximum absolute atomic E-state index is 11.9. The van der Waals surface area contributed by atoms with Crippen molar-refractivity contribution in [3.8, 4) is 0 Å². The normalized spacial score (nSPS) is 16.4. The van der Waals surface area contributed by atoms with Crippen LogP contribution in [-0.2, 0) is 4.79 Å². The Morgan fingerprint density at radius 2 is 2.36 bits per heavy atom. The van der Waals surface area contributed by atoms with Crippen molar-refractivity contribution in [1.29, 1.82) is 0 Å². The van der Waals surface area contributed by atoms with Gasteiger partial charge in [-0.05, 0) is 29.1 Å². The first kappa shape index (κ1) is 12.2. The van der Waals surface area contributed by atoms with Crippen molar-refractivity contribution in [2.45, 2.75) is 19.8 Å². The van der Waals surface area contributed by atoms with Gasteiger partial charge in [0.05, 0.1) is 10.2 Å². The summed E-state index contributed by atoms with van der Waals surface area (Å²) in [5.74, 6) is 0.117. The van der Waals surface area contributed by atoms with E-state index in [4.69, 9.17) is 0 Å². The molecular formula is C10H11BrFIO. The fourth-order valence-corrected chi connectivity index (χ4v) is 4.03. The van der Waals surface area contributed by atoms with E-state index in [0.717, 1.165) is 13.6 Å². The van der Waals surface area contributed by atoms with E-state index in [0.29, 0.717) is 12.8 Å². The summed E-state index contributed by atoms with van der Waals surface area (Å²) in [5.41, 5.74) is 1.08. The number of carbonyl (C=O) groups excluding carboxylic acids is 1. The minimum absolute atomic E-state index is 0.117. The predicted octanol–water partition coefficient (Wildman–Crippen LogP) is 3.64. The fourth-order valence-electron chi connectivity index (χ4n) is 0.971. The quantitative estimate of drug-likeness (QED) is 0.688. The molecule has 1 aliphatic rings. The Balaban J connectivity index is 2.68. The lowest BCUT2D eigenvalue weighted by molar-refractivity contribution is -0.112. The molecule has 0 unspecified atom stereocenters. The molecule has 1 rings (SSSR count). The summed E-state index contributed by atoms with van der Waals surface area (Å²) in [6.07, 6.45) is 2.63. The zero-order valence-corrected chi connectivity index (χ0v) is 11.6. The lowest BCUT2D eigenvalue weighted by Crippen LogP contribution is -2.10. The van der Waals surface area contributed by atoms with Crippen LogP contribution in [0.4, 0.5) is 4.39 Å². The van der Waals surface area contributed by atoms with Gasteiger partial charge in [-0.1, -0.05) is 36.7 Å². The number of ketones is 1. The number of allylic oxidation sites excluding steroid dienone is 3. The van der Waals surface area contributed by atoms with Crippen LogP contribution in [0.3, 0.4) is 0 Å². The van der Waals surface area contributed by atoms with E-state index >= 15 is 0 Å². The summed E-state index contributed by atoms with van der Waals surface area (Å²) < 4.78 is 15.9. The molecule has 0 spiro atoms. The molecule has 0 saturated carbocycles. The van der Waals surface area contributed by atoms with Crippen LogP contribution in [0.5, 0.6) is 0 Å². The Bertz CT molecular complexity index is 331. The van der Waals surface area contributed by atoms with Gasteiger partial charge < -0.3 is 0 Å². The van der Waals surface area contributed by atoms with Crippen LogP contribution in [0.15, 0.2) is 20.2 Å². The smallest absolute Gasteiger partial charge is 0.168 e. The summed E-state index contributed by atoms with van der Waals surface area (Å²) in [4.78, 5) is 11.5. The molecule has 0 fully saturated rings. The minimum Gasteiger partial charge on any atom is -0.294 e. The lowest BCUT2D eigenvalue weighted by Gasteiger charge is -2.06. The van der Waals surface area contributed by atoms with Gasteiger partial charge in [0.1, 0.15) is 0 Å². The minimum atomic E-state index is -0.403. The molecule has 0 radical (unpaired) electrons. The molecule has 1 heterocycles. The molecule has 0 aromatic heterocycles. The van der Waals surface area contributed by atoms with Crippen LogP contribution >= 0.6 is 36.7 Å². The van der Waals surface area contributed by atoms with Crippen molar-refractivity contribution in [1.82, 2.24) is 0 Å². The number of hydrogen-bond acceptors (Lipinski definition) is 1. The van der Waals surface area contributed by atoms with Crippen molar-refractivity contribution in [3.05, 3.63) is 20.2 Å². The van der Waals surface area contributed by atoms with Crippen molar-refractivity contribution >= 4 is 46.0 Å². The van der Waals surface area contributed by atoms with Crippen LogP contribution in [0.2, 0.25) is 0 Å². The van der Waals surface area contributed by atoms with E-state index in [-0.39, 0.29) is 26.5 Å². The first-order valence-corrected chi connectivity index (χ1v) is 7.40. The van der Waals surface area contributed by atoms with Gasteiger partial charge >= 0.3 is 0 Å². The number of Topliss-reactive ketones (excluding diaryl/α,β-unsaturated/α-hetero) is 1. The van der Waals surface area contributed by atoms with Crippen molar-refractivity contribution in [2.24, 2.45) is 0 Å². The molecule has 4 heteroatoms. The van der Waals surface area contributed by atoms with Gasteiger partial charge in [-0.15, -0.1) is 0 Å². The number of alkyl halides is 1. The largest absolute Gasteiger partial charge is 0.294 e. The summed E-state index contributed by atoms with van der Waals surface area (Å²) >= 11 is 3.10. The van der Waals surface area contributed by atoms with E-state index in [2.05, 4.69) is 20.0 Å². The average Bonchev–Trinajstić information content (AvgIpc) is 2.18. The summed E-state index contributed by atoms with van der Waals surface area (Å²) in [5, 5.41) is 0. The summed E-state index contributed by atoms with van der Waals surface area (Å²) in [7, 11) is 0. The van der Waals surface area contributed by atoms with Crippen molar-refractivity contribution in [2.75, 3.05) is 6.67 Å². The van der Waals surface area contributed by atoms with Gasteiger partial charge in [-0.25, -0.2) is 0 Å². The Morgan fingerprint density at radius 3 is 2.93 bits per heavy atom. The Labute approximate surface area is 101 Å². The maximum atomic E-state index is 11.9. The Kier molecular flexibility index (Phi) is 5.15. The molecule has 0 bridgehead atoms. The molecule has 1 aliphatic heterocycles. The van der Waals surface area contributed by atoms with Gasteiger partial charge in [-0.2, -0.15) is 0 Å². The first-order valence-electron chi connectivity index (χ1n) is 4.29. The number of halogens is 3. The molecular weight excluding hydrogens is 362 g/mol. The number of carbonyl (C=O) groups is 1. The Hall–Kier alpha value is 0.160. The Morgan fingerprint density at radius 1 is 1.64 bits per heavy atom. The molecule has 0 aliphatic carbocycles. The van der Waals surface area contributed by atoms with E-state index in [1.54, 1.807) is 0 Å². The highest BCUT2D eigenvalue weighted by atomic mass is 127. The van der Waals surface area contributed by atoms with Crippen LogP contribution in [0, 0.1) is 0 Å². The van der Waals surface area contributed by atoms with Gasteiger partial charge in [0.15, 0.2) is 5.78 Å². The SMILES string of the molecule is CC1=CC(C(=O)CCCF)=IC=C1Br. The fraction of sp³-hybridized carbons (Fsp3) is 0.400. The zero-order valence-electron chi connectivity index (χ0n) is 7.82. The standard InChI is InChI=1S/C10H11BrFIO/c1-7-5-9(13-6-8(7)11)10(14)3-2-4-12/h5-6H,2-4H2,1H3. The molecule has 1 nitrogen and oxygen atoms in total.